The Morgan fingerprint density at radius 2 is 2.05 bits per heavy atom. The van der Waals surface area contributed by atoms with Gasteiger partial charge < -0.3 is 14.6 Å². The van der Waals surface area contributed by atoms with Crippen molar-refractivity contribution < 1.29 is 19.5 Å². The highest BCUT2D eigenvalue weighted by Gasteiger charge is 2.16. The molecule has 2 aromatic rings. The highest BCUT2D eigenvalue weighted by Crippen LogP contribution is 2.32. The molecule has 1 heterocycles. The SMILES string of the molecule is COc1ccc(Oc2ncc(CO)cn2)cc1[N+](=O)[O-]. The Kier molecular flexibility index (Phi) is 4.06. The number of benzene rings is 1. The van der Waals surface area contributed by atoms with Gasteiger partial charge in [-0.2, -0.15) is 0 Å². The molecular weight excluding hydrogens is 266 g/mol. The van der Waals surface area contributed by atoms with Gasteiger partial charge in [0.1, 0.15) is 5.75 Å². The molecule has 0 aliphatic rings. The minimum Gasteiger partial charge on any atom is -0.490 e. The van der Waals surface area contributed by atoms with E-state index in [1.165, 1.54) is 37.7 Å². The lowest BCUT2D eigenvalue weighted by molar-refractivity contribution is -0.385. The summed E-state index contributed by atoms with van der Waals surface area (Å²) >= 11 is 0. The number of hydrogen-bond donors (Lipinski definition) is 1. The summed E-state index contributed by atoms with van der Waals surface area (Å²) in [5.74, 6) is 0.355. The van der Waals surface area contributed by atoms with Gasteiger partial charge in [-0.15, -0.1) is 0 Å². The van der Waals surface area contributed by atoms with Gasteiger partial charge in [0.2, 0.25) is 0 Å². The third-order valence-electron chi connectivity index (χ3n) is 2.42. The van der Waals surface area contributed by atoms with E-state index in [0.29, 0.717) is 5.56 Å². The van der Waals surface area contributed by atoms with Gasteiger partial charge in [0.15, 0.2) is 5.75 Å². The lowest BCUT2D eigenvalue weighted by Gasteiger charge is -2.06. The number of aliphatic hydroxyl groups is 1. The number of ether oxygens (including phenoxy) is 2. The number of aliphatic hydroxyl groups excluding tert-OH is 1. The molecule has 104 valence electrons. The fourth-order valence-electron chi connectivity index (χ4n) is 1.46. The van der Waals surface area contributed by atoms with Gasteiger partial charge in [-0.25, -0.2) is 9.97 Å². The summed E-state index contributed by atoms with van der Waals surface area (Å²) in [5.41, 5.74) is 0.329. The molecule has 0 fully saturated rings. The molecule has 0 aliphatic heterocycles. The van der Waals surface area contributed by atoms with E-state index in [-0.39, 0.29) is 29.8 Å². The highest BCUT2D eigenvalue weighted by molar-refractivity contribution is 5.51. The van der Waals surface area contributed by atoms with Crippen molar-refractivity contribution in [3.8, 4) is 17.5 Å². The Balaban J connectivity index is 2.24. The summed E-state index contributed by atoms with van der Waals surface area (Å²) in [6.45, 7) is -0.172. The largest absolute Gasteiger partial charge is 0.490 e. The first kappa shape index (κ1) is 13.7. The molecule has 0 radical (unpaired) electrons. The summed E-state index contributed by atoms with van der Waals surface area (Å²) < 4.78 is 10.2. The zero-order valence-electron chi connectivity index (χ0n) is 10.5. The number of rotatable bonds is 5. The maximum Gasteiger partial charge on any atom is 0.321 e. The monoisotopic (exact) mass is 277 g/mol. The molecule has 8 heteroatoms. The van der Waals surface area contributed by atoms with Gasteiger partial charge >= 0.3 is 11.7 Å². The van der Waals surface area contributed by atoms with E-state index in [1.807, 2.05) is 0 Å². The van der Waals surface area contributed by atoms with Crippen LogP contribution in [0.5, 0.6) is 17.5 Å². The summed E-state index contributed by atoms with van der Waals surface area (Å²) in [4.78, 5) is 18.0. The van der Waals surface area contributed by atoms with Crippen molar-refractivity contribution in [2.75, 3.05) is 7.11 Å². The lowest BCUT2D eigenvalue weighted by atomic mass is 10.3. The minimum absolute atomic E-state index is 0.0293. The fraction of sp³-hybridized carbons (Fsp3) is 0.167. The molecule has 2 rings (SSSR count). The molecular formula is C12H11N3O5. The molecule has 0 spiro atoms. The van der Waals surface area contributed by atoms with Crippen LogP contribution in [-0.4, -0.2) is 27.1 Å². The van der Waals surface area contributed by atoms with E-state index in [0.717, 1.165) is 0 Å². The molecule has 0 atom stereocenters. The molecule has 20 heavy (non-hydrogen) atoms. The van der Waals surface area contributed by atoms with E-state index < -0.39 is 4.92 Å². The van der Waals surface area contributed by atoms with Crippen molar-refractivity contribution in [2.45, 2.75) is 6.61 Å². The number of aromatic nitrogens is 2. The van der Waals surface area contributed by atoms with Crippen molar-refractivity contribution in [1.29, 1.82) is 0 Å². The molecule has 0 bridgehead atoms. The summed E-state index contributed by atoms with van der Waals surface area (Å²) in [6, 6.07) is 4.19. The Morgan fingerprint density at radius 1 is 1.35 bits per heavy atom. The molecule has 0 amide bonds. The zero-order valence-corrected chi connectivity index (χ0v) is 10.5. The average Bonchev–Trinajstić information content (AvgIpc) is 2.48. The van der Waals surface area contributed by atoms with Gasteiger partial charge in [-0.3, -0.25) is 10.1 Å². The van der Waals surface area contributed by atoms with Crippen LogP contribution in [0.4, 0.5) is 5.69 Å². The molecule has 1 aromatic carbocycles. The average molecular weight is 277 g/mol. The Bertz CT molecular complexity index is 615. The fourth-order valence-corrected chi connectivity index (χ4v) is 1.46. The van der Waals surface area contributed by atoms with Gasteiger partial charge in [-0.05, 0) is 12.1 Å². The van der Waals surface area contributed by atoms with Crippen LogP contribution in [0.2, 0.25) is 0 Å². The molecule has 0 saturated carbocycles. The van der Waals surface area contributed by atoms with Crippen LogP contribution in [0.15, 0.2) is 30.6 Å². The van der Waals surface area contributed by atoms with Gasteiger partial charge in [0, 0.05) is 18.0 Å². The van der Waals surface area contributed by atoms with E-state index in [2.05, 4.69) is 9.97 Å². The number of hydrogen-bond acceptors (Lipinski definition) is 7. The van der Waals surface area contributed by atoms with Gasteiger partial charge in [0.25, 0.3) is 0 Å². The van der Waals surface area contributed by atoms with Crippen molar-refractivity contribution in [2.24, 2.45) is 0 Å². The van der Waals surface area contributed by atoms with Crippen molar-refractivity contribution >= 4 is 5.69 Å². The third-order valence-corrected chi connectivity index (χ3v) is 2.42. The first-order valence-corrected chi connectivity index (χ1v) is 5.56. The molecule has 8 nitrogen and oxygen atoms in total. The number of nitro groups is 1. The van der Waals surface area contributed by atoms with Crippen LogP contribution in [0, 0.1) is 10.1 Å². The van der Waals surface area contributed by atoms with E-state index in [1.54, 1.807) is 0 Å². The van der Waals surface area contributed by atoms with Crippen LogP contribution in [-0.2, 0) is 6.61 Å². The van der Waals surface area contributed by atoms with Gasteiger partial charge in [-0.1, -0.05) is 0 Å². The van der Waals surface area contributed by atoms with Crippen molar-refractivity contribution in [3.63, 3.8) is 0 Å². The second kappa shape index (κ2) is 5.93. The van der Waals surface area contributed by atoms with Crippen LogP contribution in [0.3, 0.4) is 0 Å². The first-order valence-electron chi connectivity index (χ1n) is 5.56. The van der Waals surface area contributed by atoms with Crippen molar-refractivity contribution in [1.82, 2.24) is 9.97 Å². The maximum absolute atomic E-state index is 10.9. The Morgan fingerprint density at radius 3 is 2.60 bits per heavy atom. The summed E-state index contributed by atoms with van der Waals surface area (Å²) in [5, 5.41) is 19.7. The maximum atomic E-state index is 10.9. The zero-order chi connectivity index (χ0) is 14.5. The van der Waals surface area contributed by atoms with Crippen LogP contribution < -0.4 is 9.47 Å². The van der Waals surface area contributed by atoms with E-state index in [9.17, 15) is 10.1 Å². The normalized spacial score (nSPS) is 10.1. The molecule has 0 saturated heterocycles. The quantitative estimate of drug-likeness (QED) is 0.654. The predicted molar refractivity (Wildman–Crippen MR) is 67.7 cm³/mol. The predicted octanol–water partition coefficient (Wildman–Crippen LogP) is 1.68. The van der Waals surface area contributed by atoms with Gasteiger partial charge in [0.05, 0.1) is 24.7 Å². The van der Waals surface area contributed by atoms with Crippen LogP contribution in [0.25, 0.3) is 0 Å². The number of nitro benzene ring substituents is 1. The Hall–Kier alpha value is -2.74. The van der Waals surface area contributed by atoms with Crippen molar-refractivity contribution in [3.05, 3.63) is 46.3 Å². The third kappa shape index (κ3) is 2.98. The number of methoxy groups -OCH3 is 1. The van der Waals surface area contributed by atoms with E-state index in [4.69, 9.17) is 14.6 Å². The van der Waals surface area contributed by atoms with Crippen LogP contribution in [0.1, 0.15) is 5.56 Å². The smallest absolute Gasteiger partial charge is 0.321 e. The summed E-state index contributed by atoms with van der Waals surface area (Å²) in [7, 11) is 1.35. The first-order chi connectivity index (χ1) is 9.63. The second-order valence-electron chi connectivity index (χ2n) is 3.72. The minimum atomic E-state index is -0.568. The topological polar surface area (TPSA) is 108 Å². The highest BCUT2D eigenvalue weighted by atomic mass is 16.6. The lowest BCUT2D eigenvalue weighted by Crippen LogP contribution is -1.96. The number of nitrogens with zero attached hydrogens (tertiary/aromatic N) is 3. The van der Waals surface area contributed by atoms with Crippen LogP contribution >= 0.6 is 0 Å². The second-order valence-corrected chi connectivity index (χ2v) is 3.72. The molecule has 0 aliphatic carbocycles. The standard InChI is InChI=1S/C12H11N3O5/c1-19-11-3-2-9(4-10(11)15(17)18)20-12-13-5-8(7-16)6-14-12/h2-6,16H,7H2,1H3. The molecule has 0 unspecified atom stereocenters. The summed E-state index contributed by atoms with van der Waals surface area (Å²) in [6.07, 6.45) is 2.81. The molecule has 1 N–H and O–H groups in total. The van der Waals surface area contributed by atoms with E-state index >= 15 is 0 Å². The Labute approximate surface area is 113 Å². The molecule has 1 aromatic heterocycles.